The minimum atomic E-state index is -0.727. The van der Waals surface area contributed by atoms with E-state index in [1.807, 2.05) is 32.0 Å². The van der Waals surface area contributed by atoms with Crippen molar-refractivity contribution in [2.75, 3.05) is 5.75 Å². The molecule has 0 fully saturated rings. The molecule has 2 N–H and O–H groups in total. The first-order valence-corrected chi connectivity index (χ1v) is 9.38. The van der Waals surface area contributed by atoms with Crippen LogP contribution in [0, 0.1) is 19.7 Å². The lowest BCUT2D eigenvalue weighted by Crippen LogP contribution is -2.42. The molecule has 1 heterocycles. The number of nitrogens with zero attached hydrogens (tertiary/aromatic N) is 3. The second-order valence-electron chi connectivity index (χ2n) is 6.02. The van der Waals surface area contributed by atoms with Gasteiger partial charge in [0.15, 0.2) is 5.16 Å². The number of benzene rings is 2. The average molecular weight is 399 g/mol. The maximum Gasteiger partial charge on any atom is 0.272 e. The molecule has 144 valence electrons. The summed E-state index contributed by atoms with van der Waals surface area (Å²) in [5, 5.41) is 8.47. The number of aromatic nitrogens is 3. The van der Waals surface area contributed by atoms with Crippen LogP contribution < -0.4 is 10.9 Å². The van der Waals surface area contributed by atoms with Gasteiger partial charge in [-0.25, -0.2) is 4.39 Å². The number of halogens is 1. The van der Waals surface area contributed by atoms with E-state index >= 15 is 0 Å². The number of thioether (sulfide) groups is 1. The standard InChI is InChI=1S/C19H18FN5O2S/c1-12-7-8-14(9-13(12)2)25-11-21-24-19(25)28-10-17(26)22-23-18(27)15-5-3-4-6-16(15)20/h3-9,11H,10H2,1-2H3,(H,22,26)(H,23,27). The van der Waals surface area contributed by atoms with Crippen LogP contribution in [-0.2, 0) is 4.79 Å². The summed E-state index contributed by atoms with van der Waals surface area (Å²) in [7, 11) is 0. The first kappa shape index (κ1) is 19.6. The van der Waals surface area contributed by atoms with Crippen LogP contribution in [0.2, 0.25) is 0 Å². The highest BCUT2D eigenvalue weighted by Crippen LogP contribution is 2.21. The van der Waals surface area contributed by atoms with Gasteiger partial charge < -0.3 is 0 Å². The van der Waals surface area contributed by atoms with Crippen LogP contribution in [0.5, 0.6) is 0 Å². The monoisotopic (exact) mass is 399 g/mol. The lowest BCUT2D eigenvalue weighted by atomic mass is 10.1. The number of amides is 2. The molecule has 0 atom stereocenters. The molecule has 2 amide bonds. The van der Waals surface area contributed by atoms with Crippen molar-refractivity contribution in [2.24, 2.45) is 0 Å². The van der Waals surface area contributed by atoms with Gasteiger partial charge in [0.25, 0.3) is 5.91 Å². The Morgan fingerprint density at radius 2 is 1.89 bits per heavy atom. The molecule has 7 nitrogen and oxygen atoms in total. The number of hydrazine groups is 1. The number of hydrogen-bond acceptors (Lipinski definition) is 5. The van der Waals surface area contributed by atoms with Crippen molar-refractivity contribution in [3.63, 3.8) is 0 Å². The fourth-order valence-electron chi connectivity index (χ4n) is 2.38. The first-order chi connectivity index (χ1) is 13.5. The van der Waals surface area contributed by atoms with Crippen molar-refractivity contribution in [2.45, 2.75) is 19.0 Å². The fraction of sp³-hybridized carbons (Fsp3) is 0.158. The molecule has 28 heavy (non-hydrogen) atoms. The summed E-state index contributed by atoms with van der Waals surface area (Å²) in [6.07, 6.45) is 1.57. The Morgan fingerprint density at radius 1 is 1.11 bits per heavy atom. The molecular weight excluding hydrogens is 381 g/mol. The Balaban J connectivity index is 1.57. The van der Waals surface area contributed by atoms with E-state index in [0.29, 0.717) is 5.16 Å². The quantitative estimate of drug-likeness (QED) is 0.509. The number of carbonyl (C=O) groups excluding carboxylic acids is 2. The van der Waals surface area contributed by atoms with E-state index in [1.54, 1.807) is 10.9 Å². The van der Waals surface area contributed by atoms with E-state index in [1.165, 1.54) is 41.6 Å². The Labute approximate surface area is 165 Å². The van der Waals surface area contributed by atoms with E-state index in [0.717, 1.165) is 11.3 Å². The molecule has 0 radical (unpaired) electrons. The van der Waals surface area contributed by atoms with Crippen LogP contribution in [0.4, 0.5) is 4.39 Å². The van der Waals surface area contributed by atoms with E-state index in [2.05, 4.69) is 21.0 Å². The molecule has 0 saturated carbocycles. The second kappa shape index (κ2) is 8.66. The lowest BCUT2D eigenvalue weighted by Gasteiger charge is -2.09. The molecule has 0 saturated heterocycles. The predicted octanol–water partition coefficient (Wildman–Crippen LogP) is 2.58. The van der Waals surface area contributed by atoms with Gasteiger partial charge in [0.1, 0.15) is 12.1 Å². The third kappa shape index (κ3) is 4.55. The highest BCUT2D eigenvalue weighted by Gasteiger charge is 2.13. The maximum absolute atomic E-state index is 13.6. The zero-order valence-electron chi connectivity index (χ0n) is 15.3. The molecule has 3 rings (SSSR count). The number of carbonyl (C=O) groups is 2. The molecule has 0 unspecified atom stereocenters. The summed E-state index contributed by atoms with van der Waals surface area (Å²) in [4.78, 5) is 23.9. The van der Waals surface area contributed by atoms with Gasteiger partial charge in [-0.2, -0.15) is 0 Å². The zero-order valence-corrected chi connectivity index (χ0v) is 16.1. The van der Waals surface area contributed by atoms with Gasteiger partial charge in [-0.3, -0.25) is 25.0 Å². The summed E-state index contributed by atoms with van der Waals surface area (Å²) >= 11 is 1.17. The highest BCUT2D eigenvalue weighted by atomic mass is 32.2. The molecule has 2 aromatic carbocycles. The Bertz CT molecular complexity index is 1020. The number of rotatable bonds is 5. The molecule has 3 aromatic rings. The van der Waals surface area contributed by atoms with Gasteiger partial charge in [0.05, 0.1) is 11.3 Å². The summed E-state index contributed by atoms with van der Waals surface area (Å²) in [5.74, 6) is -1.84. The number of nitrogens with one attached hydrogen (secondary N) is 2. The van der Waals surface area contributed by atoms with Gasteiger partial charge in [-0.15, -0.1) is 10.2 Å². The summed E-state index contributed by atoms with van der Waals surface area (Å²) in [6.45, 7) is 4.04. The second-order valence-corrected chi connectivity index (χ2v) is 6.97. The summed E-state index contributed by atoms with van der Waals surface area (Å²) in [5.41, 5.74) is 7.51. The smallest absolute Gasteiger partial charge is 0.272 e. The molecule has 0 aliphatic heterocycles. The van der Waals surface area contributed by atoms with Crippen LogP contribution >= 0.6 is 11.8 Å². The normalized spacial score (nSPS) is 10.5. The van der Waals surface area contributed by atoms with Crippen molar-refractivity contribution >= 4 is 23.6 Å². The van der Waals surface area contributed by atoms with Crippen molar-refractivity contribution in [3.8, 4) is 5.69 Å². The lowest BCUT2D eigenvalue weighted by molar-refractivity contribution is -0.119. The SMILES string of the molecule is Cc1ccc(-n2cnnc2SCC(=O)NNC(=O)c2ccccc2F)cc1C. The van der Waals surface area contributed by atoms with Crippen LogP contribution in [0.1, 0.15) is 21.5 Å². The molecule has 0 spiro atoms. The topological polar surface area (TPSA) is 88.9 Å². The third-order valence-corrected chi connectivity index (χ3v) is 4.99. The zero-order chi connectivity index (χ0) is 20.1. The van der Waals surface area contributed by atoms with Gasteiger partial charge in [0, 0.05) is 5.69 Å². The fourth-order valence-corrected chi connectivity index (χ4v) is 3.11. The Morgan fingerprint density at radius 3 is 2.64 bits per heavy atom. The minimum absolute atomic E-state index is 0.00108. The van der Waals surface area contributed by atoms with E-state index in [9.17, 15) is 14.0 Å². The van der Waals surface area contributed by atoms with E-state index in [-0.39, 0.29) is 11.3 Å². The van der Waals surface area contributed by atoms with Gasteiger partial charge in [-0.1, -0.05) is 30.0 Å². The summed E-state index contributed by atoms with van der Waals surface area (Å²) < 4.78 is 15.3. The van der Waals surface area contributed by atoms with Crippen LogP contribution in [-0.4, -0.2) is 32.3 Å². The van der Waals surface area contributed by atoms with E-state index < -0.39 is 17.6 Å². The first-order valence-electron chi connectivity index (χ1n) is 8.40. The largest absolute Gasteiger partial charge is 0.277 e. The van der Waals surface area contributed by atoms with Gasteiger partial charge in [-0.05, 0) is 49.2 Å². The van der Waals surface area contributed by atoms with Gasteiger partial charge in [0.2, 0.25) is 5.91 Å². The van der Waals surface area contributed by atoms with Crippen LogP contribution in [0.25, 0.3) is 5.69 Å². The Hall–Kier alpha value is -3.20. The molecule has 9 heteroatoms. The minimum Gasteiger partial charge on any atom is -0.277 e. The molecular formula is C19H18FN5O2S. The van der Waals surface area contributed by atoms with E-state index in [4.69, 9.17) is 0 Å². The Kier molecular flexibility index (Phi) is 6.05. The predicted molar refractivity (Wildman–Crippen MR) is 104 cm³/mol. The van der Waals surface area contributed by atoms with Crippen molar-refractivity contribution in [3.05, 3.63) is 71.3 Å². The number of aryl methyl sites for hydroxylation is 2. The van der Waals surface area contributed by atoms with Crippen LogP contribution in [0.15, 0.2) is 53.9 Å². The molecule has 1 aromatic heterocycles. The third-order valence-electron chi connectivity index (χ3n) is 4.05. The average Bonchev–Trinajstić information content (AvgIpc) is 3.15. The molecule has 0 aliphatic rings. The van der Waals surface area contributed by atoms with Gasteiger partial charge >= 0.3 is 0 Å². The van der Waals surface area contributed by atoms with Crippen molar-refractivity contribution in [1.29, 1.82) is 0 Å². The maximum atomic E-state index is 13.6. The van der Waals surface area contributed by atoms with Crippen molar-refractivity contribution < 1.29 is 14.0 Å². The van der Waals surface area contributed by atoms with Crippen LogP contribution in [0.3, 0.4) is 0 Å². The highest BCUT2D eigenvalue weighted by molar-refractivity contribution is 7.99. The summed E-state index contributed by atoms with van der Waals surface area (Å²) in [6, 6.07) is 11.5. The number of hydrogen-bond donors (Lipinski definition) is 2. The van der Waals surface area contributed by atoms with Crippen molar-refractivity contribution in [1.82, 2.24) is 25.6 Å². The molecule has 0 aliphatic carbocycles. The molecule has 0 bridgehead atoms.